The monoisotopic (exact) mass is 519 g/mol. The third-order valence-corrected chi connectivity index (χ3v) is 9.55. The van der Waals surface area contributed by atoms with Gasteiger partial charge in [0.1, 0.15) is 5.82 Å². The van der Waals surface area contributed by atoms with E-state index in [2.05, 4.69) is 10.3 Å². The quantitative estimate of drug-likeness (QED) is 0.373. The third-order valence-electron chi connectivity index (χ3n) is 8.59. The lowest BCUT2D eigenvalue weighted by Crippen LogP contribution is -2.42. The van der Waals surface area contributed by atoms with Crippen LogP contribution < -0.4 is 0 Å². The molecule has 2 atom stereocenters. The third kappa shape index (κ3) is 4.79. The van der Waals surface area contributed by atoms with E-state index < -0.39 is 0 Å². The molecule has 0 radical (unpaired) electrons. The first-order valence-corrected chi connectivity index (χ1v) is 14.6. The second-order valence-corrected chi connectivity index (χ2v) is 11.6. The smallest absolute Gasteiger partial charge is 0.319 e. The Bertz CT molecular complexity index is 1270. The number of carbonyl (C=O) groups is 2. The topological polar surface area (TPSA) is 43.9 Å². The van der Waals surface area contributed by atoms with E-state index >= 15 is 0 Å². The fourth-order valence-corrected chi connectivity index (χ4v) is 7.74. The molecule has 0 spiro atoms. The Balaban J connectivity index is 1.05. The maximum atomic E-state index is 13.6. The SMILES string of the molecule is O=C(c1ccccc1)N1C(=O)N(CCCN2CCC(c3csc4cc(F)ccc34)CC2)C2CCCCC21. The Hall–Kier alpha value is -2.77. The number of urea groups is 1. The van der Waals surface area contributed by atoms with Gasteiger partial charge in [0.05, 0.1) is 12.1 Å². The standard InChI is InChI=1S/C30H34FN3O2S/c31-23-11-12-24-25(20-37-28(24)19-23)21-13-17-32(18-14-21)15-6-16-33-26-9-4-5-10-27(26)34(30(33)36)29(35)22-7-2-1-3-8-22/h1-3,7-8,11-12,19-21,26-27H,4-6,9-10,13-18H2. The van der Waals surface area contributed by atoms with Crippen LogP contribution in [0.1, 0.15) is 66.8 Å². The van der Waals surface area contributed by atoms with Gasteiger partial charge in [-0.3, -0.25) is 9.69 Å². The number of carbonyl (C=O) groups excluding carboxylic acids is 2. The van der Waals surface area contributed by atoms with Crippen LogP contribution in [0, 0.1) is 5.82 Å². The number of benzene rings is 2. The summed E-state index contributed by atoms with van der Waals surface area (Å²) in [7, 11) is 0. The van der Waals surface area contributed by atoms with Crippen molar-refractivity contribution in [2.45, 2.75) is 62.9 Å². The van der Waals surface area contributed by atoms with E-state index in [1.165, 1.54) is 10.9 Å². The molecular weight excluding hydrogens is 485 g/mol. The molecule has 3 aliphatic rings. The summed E-state index contributed by atoms with van der Waals surface area (Å²) >= 11 is 1.64. The highest BCUT2D eigenvalue weighted by Crippen LogP contribution is 2.38. The number of imide groups is 1. The van der Waals surface area contributed by atoms with Crippen molar-refractivity contribution in [3.05, 3.63) is 70.9 Å². The molecule has 0 bridgehead atoms. The molecule has 37 heavy (non-hydrogen) atoms. The molecule has 3 aromatic rings. The van der Waals surface area contributed by atoms with Gasteiger partial charge >= 0.3 is 6.03 Å². The van der Waals surface area contributed by atoms with Crippen LogP contribution in [0.25, 0.3) is 10.1 Å². The van der Waals surface area contributed by atoms with E-state index in [9.17, 15) is 14.0 Å². The summed E-state index contributed by atoms with van der Waals surface area (Å²) in [5, 5.41) is 3.42. The summed E-state index contributed by atoms with van der Waals surface area (Å²) in [4.78, 5) is 32.8. The van der Waals surface area contributed by atoms with Gasteiger partial charge < -0.3 is 9.80 Å². The predicted octanol–water partition coefficient (Wildman–Crippen LogP) is 6.50. The number of rotatable bonds is 6. The molecule has 3 fully saturated rings. The van der Waals surface area contributed by atoms with Gasteiger partial charge in [0.15, 0.2) is 0 Å². The molecular formula is C30H34FN3O2S. The van der Waals surface area contributed by atoms with Gasteiger partial charge in [-0.1, -0.05) is 37.1 Å². The van der Waals surface area contributed by atoms with Gasteiger partial charge in [0.2, 0.25) is 0 Å². The Morgan fingerprint density at radius 2 is 1.70 bits per heavy atom. The largest absolute Gasteiger partial charge is 0.327 e. The van der Waals surface area contributed by atoms with Crippen LogP contribution in [0.3, 0.4) is 0 Å². The first kappa shape index (κ1) is 24.6. The van der Waals surface area contributed by atoms with Crippen molar-refractivity contribution >= 4 is 33.4 Å². The number of hydrogen-bond donors (Lipinski definition) is 0. The second kappa shape index (κ2) is 10.5. The summed E-state index contributed by atoms with van der Waals surface area (Å²) in [5.74, 6) is 0.200. The summed E-state index contributed by atoms with van der Waals surface area (Å²) in [6.45, 7) is 3.76. The number of nitrogens with zero attached hydrogens (tertiary/aromatic N) is 3. The van der Waals surface area contributed by atoms with Crippen molar-refractivity contribution in [2.24, 2.45) is 0 Å². The summed E-state index contributed by atoms with van der Waals surface area (Å²) < 4.78 is 14.6. The maximum Gasteiger partial charge on any atom is 0.327 e. The number of likely N-dealkylation sites (tertiary alicyclic amines) is 1. The number of fused-ring (bicyclic) bond motifs is 2. The molecule has 194 valence electrons. The van der Waals surface area contributed by atoms with Crippen molar-refractivity contribution in [1.29, 1.82) is 0 Å². The van der Waals surface area contributed by atoms with Crippen LogP contribution in [0.4, 0.5) is 9.18 Å². The number of thiophene rings is 1. The van der Waals surface area contributed by atoms with Gasteiger partial charge in [-0.15, -0.1) is 11.3 Å². The summed E-state index contributed by atoms with van der Waals surface area (Å²) in [5.41, 5.74) is 1.96. The minimum Gasteiger partial charge on any atom is -0.319 e. The molecule has 1 aromatic heterocycles. The fraction of sp³-hybridized carbons (Fsp3) is 0.467. The Labute approximate surface area is 221 Å². The second-order valence-electron chi connectivity index (χ2n) is 10.7. The normalized spacial score (nSPS) is 23.1. The summed E-state index contributed by atoms with van der Waals surface area (Å²) in [6.07, 6.45) is 7.22. The highest BCUT2D eigenvalue weighted by atomic mass is 32.1. The molecule has 6 rings (SSSR count). The van der Waals surface area contributed by atoms with Gasteiger partial charge in [0.25, 0.3) is 5.91 Å². The van der Waals surface area contributed by atoms with Crippen molar-refractivity contribution < 1.29 is 14.0 Å². The molecule has 5 nitrogen and oxygen atoms in total. The molecule has 2 saturated heterocycles. The zero-order valence-electron chi connectivity index (χ0n) is 21.2. The number of halogens is 1. The molecule has 1 aliphatic carbocycles. The Morgan fingerprint density at radius 1 is 0.946 bits per heavy atom. The lowest BCUT2D eigenvalue weighted by molar-refractivity contribution is 0.0757. The minimum atomic E-state index is -0.167. The van der Waals surface area contributed by atoms with Crippen LogP contribution in [0.15, 0.2) is 53.9 Å². The van der Waals surface area contributed by atoms with Gasteiger partial charge in [-0.2, -0.15) is 0 Å². The van der Waals surface area contributed by atoms with Crippen molar-refractivity contribution in [1.82, 2.24) is 14.7 Å². The molecule has 2 aromatic carbocycles. The van der Waals surface area contributed by atoms with Crippen molar-refractivity contribution in [3.8, 4) is 0 Å². The van der Waals surface area contributed by atoms with Gasteiger partial charge in [0, 0.05) is 16.8 Å². The van der Waals surface area contributed by atoms with E-state index in [0.717, 1.165) is 69.3 Å². The number of amides is 3. The maximum absolute atomic E-state index is 13.6. The lowest BCUT2D eigenvalue weighted by Gasteiger charge is -2.33. The van der Waals surface area contributed by atoms with Gasteiger partial charge in [-0.05, 0) is 98.3 Å². The number of piperidine rings is 1. The van der Waals surface area contributed by atoms with E-state index in [4.69, 9.17) is 0 Å². The van der Waals surface area contributed by atoms with Crippen LogP contribution in [-0.4, -0.2) is 64.9 Å². The van der Waals surface area contributed by atoms with Crippen LogP contribution >= 0.6 is 11.3 Å². The zero-order valence-corrected chi connectivity index (χ0v) is 22.0. The van der Waals surface area contributed by atoms with E-state index in [-0.39, 0.29) is 29.8 Å². The fourth-order valence-electron chi connectivity index (χ4n) is 6.67. The van der Waals surface area contributed by atoms with Crippen molar-refractivity contribution in [2.75, 3.05) is 26.2 Å². The number of hydrogen-bond acceptors (Lipinski definition) is 4. The van der Waals surface area contributed by atoms with E-state index in [0.29, 0.717) is 18.0 Å². The van der Waals surface area contributed by atoms with Crippen molar-refractivity contribution in [3.63, 3.8) is 0 Å². The van der Waals surface area contributed by atoms with Crippen LogP contribution in [-0.2, 0) is 0 Å². The van der Waals surface area contributed by atoms with E-state index in [1.54, 1.807) is 40.5 Å². The average Bonchev–Trinajstić information content (AvgIpc) is 3.47. The molecule has 2 unspecified atom stereocenters. The van der Waals surface area contributed by atoms with Crippen LogP contribution in [0.2, 0.25) is 0 Å². The molecule has 0 N–H and O–H groups in total. The predicted molar refractivity (Wildman–Crippen MR) is 146 cm³/mol. The Morgan fingerprint density at radius 3 is 2.49 bits per heavy atom. The molecule has 7 heteroatoms. The first-order chi connectivity index (χ1) is 18.1. The molecule has 2 aliphatic heterocycles. The minimum absolute atomic E-state index is 0.00129. The highest BCUT2D eigenvalue weighted by Gasteiger charge is 2.49. The van der Waals surface area contributed by atoms with Gasteiger partial charge in [-0.25, -0.2) is 9.18 Å². The van der Waals surface area contributed by atoms with E-state index in [1.807, 2.05) is 29.2 Å². The highest BCUT2D eigenvalue weighted by molar-refractivity contribution is 7.17. The zero-order chi connectivity index (χ0) is 25.4. The molecule has 3 heterocycles. The molecule has 1 saturated carbocycles. The Kier molecular flexibility index (Phi) is 7.00. The molecule has 3 amide bonds. The summed E-state index contributed by atoms with van der Waals surface area (Å²) in [6, 6.07) is 14.4. The lowest BCUT2D eigenvalue weighted by atomic mass is 9.89. The van der Waals surface area contributed by atoms with Crippen LogP contribution in [0.5, 0.6) is 0 Å². The average molecular weight is 520 g/mol. The first-order valence-electron chi connectivity index (χ1n) is 13.7.